The van der Waals surface area contributed by atoms with Crippen LogP contribution in [0.4, 0.5) is 0 Å². The highest BCUT2D eigenvalue weighted by Crippen LogP contribution is 2.03. The lowest BCUT2D eigenvalue weighted by Gasteiger charge is -1.98. The predicted molar refractivity (Wildman–Crippen MR) is 53.1 cm³/mol. The molecule has 0 aliphatic rings. The minimum atomic E-state index is -0.0626. The van der Waals surface area contributed by atoms with Crippen molar-refractivity contribution in [3.05, 3.63) is 30.1 Å². The Kier molecular flexibility index (Phi) is 3.98. The largest absolute Gasteiger partial charge is 0.300 e. The molecule has 0 N–H and O–H groups in total. The first kappa shape index (κ1) is 10.6. The molecule has 0 aliphatic carbocycles. The molecule has 3 nitrogen and oxygen atoms in total. The molecule has 14 heavy (non-hydrogen) atoms. The van der Waals surface area contributed by atoms with Crippen LogP contribution >= 0.6 is 0 Å². The molecule has 0 aliphatic heterocycles. The van der Waals surface area contributed by atoms with E-state index in [1.54, 1.807) is 31.3 Å². The molecule has 0 unspecified atom stereocenters. The van der Waals surface area contributed by atoms with E-state index in [-0.39, 0.29) is 18.0 Å². The number of carbonyl (C=O) groups excluding carboxylic acids is 2. The highest BCUT2D eigenvalue weighted by molar-refractivity contribution is 5.96. The number of rotatable bonds is 5. The van der Waals surface area contributed by atoms with Crippen LogP contribution in [0.3, 0.4) is 0 Å². The van der Waals surface area contributed by atoms with Gasteiger partial charge in [-0.25, -0.2) is 0 Å². The van der Waals surface area contributed by atoms with Crippen molar-refractivity contribution in [2.45, 2.75) is 26.2 Å². The van der Waals surface area contributed by atoms with Crippen LogP contribution in [0.2, 0.25) is 0 Å². The molecule has 0 radical (unpaired) electrons. The smallest absolute Gasteiger partial charge is 0.181 e. The Labute approximate surface area is 83.2 Å². The fourth-order valence-corrected chi connectivity index (χ4v) is 1.09. The van der Waals surface area contributed by atoms with Crippen molar-refractivity contribution in [3.63, 3.8) is 0 Å². The van der Waals surface area contributed by atoms with Crippen molar-refractivity contribution in [2.24, 2.45) is 0 Å². The Balaban J connectivity index is 2.48. The number of hydrogen-bond donors (Lipinski definition) is 0. The molecule has 0 aromatic carbocycles. The molecule has 0 saturated carbocycles. The van der Waals surface area contributed by atoms with Gasteiger partial charge in [0, 0.05) is 25.5 Å². The SMILES string of the molecule is CCC(=O)CCC(=O)c1ccccn1. The summed E-state index contributed by atoms with van der Waals surface area (Å²) in [6.45, 7) is 1.80. The molecular weight excluding hydrogens is 178 g/mol. The van der Waals surface area contributed by atoms with Crippen LogP contribution in [0.5, 0.6) is 0 Å². The van der Waals surface area contributed by atoms with Crippen molar-refractivity contribution in [3.8, 4) is 0 Å². The van der Waals surface area contributed by atoms with Crippen molar-refractivity contribution in [1.29, 1.82) is 0 Å². The summed E-state index contributed by atoms with van der Waals surface area (Å²) in [5.41, 5.74) is 0.441. The Hall–Kier alpha value is -1.51. The van der Waals surface area contributed by atoms with Crippen LogP contribution in [0.1, 0.15) is 36.7 Å². The number of pyridine rings is 1. The van der Waals surface area contributed by atoms with Gasteiger partial charge in [0.1, 0.15) is 11.5 Å². The van der Waals surface area contributed by atoms with Crippen molar-refractivity contribution in [1.82, 2.24) is 4.98 Å². The minimum Gasteiger partial charge on any atom is -0.300 e. The molecule has 1 heterocycles. The zero-order chi connectivity index (χ0) is 10.4. The van der Waals surface area contributed by atoms with Crippen LogP contribution in [-0.4, -0.2) is 16.6 Å². The number of nitrogens with zero attached hydrogens (tertiary/aromatic N) is 1. The van der Waals surface area contributed by atoms with E-state index in [1.165, 1.54) is 0 Å². The molecule has 0 spiro atoms. The van der Waals surface area contributed by atoms with Crippen molar-refractivity contribution in [2.75, 3.05) is 0 Å². The Bertz CT molecular complexity index is 319. The number of aromatic nitrogens is 1. The lowest BCUT2D eigenvalue weighted by Crippen LogP contribution is -2.05. The first-order chi connectivity index (χ1) is 6.74. The van der Waals surface area contributed by atoms with Crippen LogP contribution in [0, 0.1) is 0 Å². The van der Waals surface area contributed by atoms with Crippen molar-refractivity contribution >= 4 is 11.6 Å². The maximum absolute atomic E-state index is 11.5. The first-order valence-electron chi connectivity index (χ1n) is 4.70. The van der Waals surface area contributed by atoms with E-state index in [0.29, 0.717) is 18.5 Å². The summed E-state index contributed by atoms with van der Waals surface area (Å²) in [5, 5.41) is 0. The minimum absolute atomic E-state index is 0.0626. The molecule has 0 atom stereocenters. The topological polar surface area (TPSA) is 47.0 Å². The standard InChI is InChI=1S/C11H13NO2/c1-2-9(13)6-7-11(14)10-5-3-4-8-12-10/h3-5,8H,2,6-7H2,1H3. The third-order valence-corrected chi connectivity index (χ3v) is 1.98. The summed E-state index contributed by atoms with van der Waals surface area (Å²) >= 11 is 0. The molecule has 1 rings (SSSR count). The summed E-state index contributed by atoms with van der Waals surface area (Å²) in [5.74, 6) is 0.0571. The van der Waals surface area contributed by atoms with Gasteiger partial charge in [-0.1, -0.05) is 13.0 Å². The molecule has 0 fully saturated rings. The molecule has 0 amide bonds. The fraction of sp³-hybridized carbons (Fsp3) is 0.364. The van der Waals surface area contributed by atoms with E-state index in [1.807, 2.05) is 0 Å². The maximum Gasteiger partial charge on any atom is 0.181 e. The van der Waals surface area contributed by atoms with Gasteiger partial charge in [-0.2, -0.15) is 0 Å². The monoisotopic (exact) mass is 191 g/mol. The third kappa shape index (κ3) is 3.09. The second kappa shape index (κ2) is 5.27. The summed E-state index contributed by atoms with van der Waals surface area (Å²) in [6.07, 6.45) is 2.67. The lowest BCUT2D eigenvalue weighted by molar-refractivity contribution is -0.118. The van der Waals surface area contributed by atoms with E-state index in [4.69, 9.17) is 0 Å². The summed E-state index contributed by atoms with van der Waals surface area (Å²) in [4.78, 5) is 26.3. The molecular formula is C11H13NO2. The van der Waals surface area contributed by atoms with Gasteiger partial charge in [0.15, 0.2) is 5.78 Å². The summed E-state index contributed by atoms with van der Waals surface area (Å²) < 4.78 is 0. The Morgan fingerprint density at radius 1 is 1.29 bits per heavy atom. The zero-order valence-corrected chi connectivity index (χ0v) is 8.19. The van der Waals surface area contributed by atoms with Gasteiger partial charge in [0.05, 0.1) is 0 Å². The van der Waals surface area contributed by atoms with Crippen LogP contribution < -0.4 is 0 Å². The van der Waals surface area contributed by atoms with E-state index in [9.17, 15) is 9.59 Å². The van der Waals surface area contributed by atoms with E-state index in [0.717, 1.165) is 0 Å². The zero-order valence-electron chi connectivity index (χ0n) is 8.19. The quantitative estimate of drug-likeness (QED) is 0.669. The second-order valence-corrected chi connectivity index (χ2v) is 3.03. The molecule has 74 valence electrons. The van der Waals surface area contributed by atoms with Gasteiger partial charge in [0.2, 0.25) is 0 Å². The van der Waals surface area contributed by atoms with Crippen molar-refractivity contribution < 1.29 is 9.59 Å². The number of hydrogen-bond acceptors (Lipinski definition) is 3. The Morgan fingerprint density at radius 3 is 2.64 bits per heavy atom. The van der Waals surface area contributed by atoms with E-state index >= 15 is 0 Å². The van der Waals surface area contributed by atoms with Gasteiger partial charge in [-0.3, -0.25) is 14.6 Å². The molecule has 0 bridgehead atoms. The highest BCUT2D eigenvalue weighted by Gasteiger charge is 2.08. The van der Waals surface area contributed by atoms with E-state index in [2.05, 4.69) is 4.98 Å². The molecule has 1 aromatic heterocycles. The van der Waals surface area contributed by atoms with Gasteiger partial charge in [-0.15, -0.1) is 0 Å². The fourth-order valence-electron chi connectivity index (χ4n) is 1.09. The van der Waals surface area contributed by atoms with E-state index < -0.39 is 0 Å². The number of Topliss-reactive ketones (excluding diaryl/α,β-unsaturated/α-hetero) is 2. The molecule has 0 saturated heterocycles. The average Bonchev–Trinajstić information content (AvgIpc) is 2.26. The number of carbonyl (C=O) groups is 2. The van der Waals surface area contributed by atoms with Crippen LogP contribution in [-0.2, 0) is 4.79 Å². The van der Waals surface area contributed by atoms with Crippen LogP contribution in [0.15, 0.2) is 24.4 Å². The predicted octanol–water partition coefficient (Wildman–Crippen LogP) is 2.02. The van der Waals surface area contributed by atoms with Gasteiger partial charge < -0.3 is 0 Å². The average molecular weight is 191 g/mol. The molecule has 3 heteroatoms. The van der Waals surface area contributed by atoms with Crippen LogP contribution in [0.25, 0.3) is 0 Å². The molecule has 1 aromatic rings. The second-order valence-electron chi connectivity index (χ2n) is 3.03. The van der Waals surface area contributed by atoms with Gasteiger partial charge in [-0.05, 0) is 12.1 Å². The summed E-state index contributed by atoms with van der Waals surface area (Å²) in [6, 6.07) is 5.19. The normalized spacial score (nSPS) is 9.79. The number of ketones is 2. The lowest BCUT2D eigenvalue weighted by atomic mass is 10.1. The maximum atomic E-state index is 11.5. The highest BCUT2D eigenvalue weighted by atomic mass is 16.1. The Morgan fingerprint density at radius 2 is 2.07 bits per heavy atom. The van der Waals surface area contributed by atoms with Gasteiger partial charge >= 0.3 is 0 Å². The first-order valence-corrected chi connectivity index (χ1v) is 4.70. The summed E-state index contributed by atoms with van der Waals surface area (Å²) in [7, 11) is 0. The van der Waals surface area contributed by atoms with Gasteiger partial charge in [0.25, 0.3) is 0 Å². The third-order valence-electron chi connectivity index (χ3n) is 1.98.